The van der Waals surface area contributed by atoms with Gasteiger partial charge in [0.05, 0.1) is 12.3 Å². The number of ether oxygens (including phenoxy) is 3. The third-order valence-electron chi connectivity index (χ3n) is 4.26. The van der Waals surface area contributed by atoms with Gasteiger partial charge in [-0.2, -0.15) is 0 Å². The monoisotopic (exact) mass is 396 g/mol. The Morgan fingerprint density at radius 1 is 1.14 bits per heavy atom. The van der Waals surface area contributed by atoms with E-state index in [4.69, 9.17) is 14.2 Å². The van der Waals surface area contributed by atoms with Crippen LogP contribution in [0, 0.1) is 6.92 Å². The van der Waals surface area contributed by atoms with E-state index in [0.29, 0.717) is 42.0 Å². The van der Waals surface area contributed by atoms with Crippen molar-refractivity contribution in [2.45, 2.75) is 13.8 Å². The molecule has 3 aromatic rings. The van der Waals surface area contributed by atoms with Crippen LogP contribution in [-0.2, 0) is 0 Å². The molecule has 0 fully saturated rings. The molecule has 0 spiro atoms. The minimum absolute atomic E-state index is 0.232. The molecule has 1 aromatic heterocycles. The SMILES string of the molecule is CCOc1ccc(-c2nc(NC(=O)c3ccc4c(c3)OCCO4)sc2C)cc1. The highest BCUT2D eigenvalue weighted by molar-refractivity contribution is 7.16. The summed E-state index contributed by atoms with van der Waals surface area (Å²) in [6.07, 6.45) is 0. The van der Waals surface area contributed by atoms with E-state index < -0.39 is 0 Å². The molecule has 144 valence electrons. The quantitative estimate of drug-likeness (QED) is 0.686. The van der Waals surface area contributed by atoms with E-state index in [0.717, 1.165) is 21.9 Å². The second-order valence-corrected chi connectivity index (χ2v) is 7.40. The van der Waals surface area contributed by atoms with Crippen molar-refractivity contribution in [2.24, 2.45) is 0 Å². The normalized spacial score (nSPS) is 12.5. The number of aromatic nitrogens is 1. The first-order valence-corrected chi connectivity index (χ1v) is 9.87. The Balaban J connectivity index is 1.51. The number of nitrogens with zero attached hydrogens (tertiary/aromatic N) is 1. The standard InChI is InChI=1S/C21H20N2O4S/c1-3-25-16-7-4-14(5-8-16)19-13(2)28-21(22-19)23-20(24)15-6-9-17-18(12-15)27-11-10-26-17/h4-9,12H,3,10-11H2,1-2H3,(H,22,23,24). The van der Waals surface area contributed by atoms with Crippen molar-refractivity contribution in [1.29, 1.82) is 0 Å². The number of carbonyl (C=O) groups excluding carboxylic acids is 1. The van der Waals surface area contributed by atoms with Crippen molar-refractivity contribution >= 4 is 22.4 Å². The van der Waals surface area contributed by atoms with Crippen LogP contribution >= 0.6 is 11.3 Å². The van der Waals surface area contributed by atoms with Gasteiger partial charge in [-0.25, -0.2) is 4.98 Å². The lowest BCUT2D eigenvalue weighted by Gasteiger charge is -2.18. The maximum absolute atomic E-state index is 12.6. The molecule has 28 heavy (non-hydrogen) atoms. The number of hydrogen-bond donors (Lipinski definition) is 1. The summed E-state index contributed by atoms with van der Waals surface area (Å²) in [6, 6.07) is 12.9. The Morgan fingerprint density at radius 2 is 1.89 bits per heavy atom. The number of amides is 1. The second kappa shape index (κ2) is 7.90. The molecule has 2 aromatic carbocycles. The van der Waals surface area contributed by atoms with Gasteiger partial charge in [0, 0.05) is 16.0 Å². The van der Waals surface area contributed by atoms with Gasteiger partial charge >= 0.3 is 0 Å². The molecule has 0 aliphatic carbocycles. The minimum atomic E-state index is -0.232. The Morgan fingerprint density at radius 3 is 2.64 bits per heavy atom. The zero-order valence-corrected chi connectivity index (χ0v) is 16.5. The summed E-state index contributed by atoms with van der Waals surface area (Å²) in [4.78, 5) is 18.2. The fourth-order valence-electron chi connectivity index (χ4n) is 2.95. The molecule has 0 saturated carbocycles. The number of nitrogens with one attached hydrogen (secondary N) is 1. The van der Waals surface area contributed by atoms with E-state index in [1.807, 2.05) is 38.1 Å². The summed E-state index contributed by atoms with van der Waals surface area (Å²) in [5.74, 6) is 1.84. The number of carbonyl (C=O) groups is 1. The molecule has 1 N–H and O–H groups in total. The van der Waals surface area contributed by atoms with Crippen molar-refractivity contribution < 1.29 is 19.0 Å². The molecular formula is C21H20N2O4S. The predicted octanol–water partition coefficient (Wildman–Crippen LogP) is 4.54. The molecule has 0 atom stereocenters. The molecule has 7 heteroatoms. The van der Waals surface area contributed by atoms with E-state index in [2.05, 4.69) is 10.3 Å². The van der Waals surface area contributed by atoms with Gasteiger partial charge in [-0.15, -0.1) is 11.3 Å². The lowest BCUT2D eigenvalue weighted by atomic mass is 10.1. The topological polar surface area (TPSA) is 69.7 Å². The molecule has 6 nitrogen and oxygen atoms in total. The zero-order valence-electron chi connectivity index (χ0n) is 15.7. The van der Waals surface area contributed by atoms with Crippen LogP contribution in [0.2, 0.25) is 0 Å². The van der Waals surface area contributed by atoms with E-state index in [-0.39, 0.29) is 5.91 Å². The number of rotatable bonds is 5. The lowest BCUT2D eigenvalue weighted by molar-refractivity contribution is 0.102. The Kier molecular flexibility index (Phi) is 5.16. The summed E-state index contributed by atoms with van der Waals surface area (Å²) >= 11 is 1.45. The molecule has 4 rings (SSSR count). The summed E-state index contributed by atoms with van der Waals surface area (Å²) in [5, 5.41) is 3.43. The first kappa shape index (κ1) is 18.3. The van der Waals surface area contributed by atoms with Gasteiger partial charge in [-0.05, 0) is 56.3 Å². The third-order valence-corrected chi connectivity index (χ3v) is 5.15. The van der Waals surface area contributed by atoms with Gasteiger partial charge < -0.3 is 14.2 Å². The van der Waals surface area contributed by atoms with E-state index >= 15 is 0 Å². The second-order valence-electron chi connectivity index (χ2n) is 6.19. The smallest absolute Gasteiger partial charge is 0.257 e. The fourth-order valence-corrected chi connectivity index (χ4v) is 3.78. The van der Waals surface area contributed by atoms with Crippen LogP contribution in [0.25, 0.3) is 11.3 Å². The van der Waals surface area contributed by atoms with E-state index in [1.54, 1.807) is 18.2 Å². The molecule has 1 aliphatic heterocycles. The molecule has 1 amide bonds. The lowest BCUT2D eigenvalue weighted by Crippen LogP contribution is -2.17. The molecule has 2 heterocycles. The van der Waals surface area contributed by atoms with Gasteiger partial charge in [-0.3, -0.25) is 10.1 Å². The first-order chi connectivity index (χ1) is 13.6. The highest BCUT2D eigenvalue weighted by atomic mass is 32.1. The van der Waals surface area contributed by atoms with Crippen LogP contribution in [0.3, 0.4) is 0 Å². The first-order valence-electron chi connectivity index (χ1n) is 9.05. The predicted molar refractivity (Wildman–Crippen MR) is 109 cm³/mol. The number of benzene rings is 2. The highest BCUT2D eigenvalue weighted by Gasteiger charge is 2.17. The summed E-state index contributed by atoms with van der Waals surface area (Å²) in [7, 11) is 0. The van der Waals surface area contributed by atoms with Gasteiger partial charge in [-0.1, -0.05) is 0 Å². The largest absolute Gasteiger partial charge is 0.494 e. The van der Waals surface area contributed by atoms with Crippen LogP contribution in [0.4, 0.5) is 5.13 Å². The zero-order chi connectivity index (χ0) is 19.5. The Labute approximate surface area is 167 Å². The van der Waals surface area contributed by atoms with Crippen LogP contribution < -0.4 is 19.5 Å². The number of aryl methyl sites for hydroxylation is 1. The molecule has 0 unspecified atom stereocenters. The van der Waals surface area contributed by atoms with Crippen molar-refractivity contribution in [3.63, 3.8) is 0 Å². The maximum Gasteiger partial charge on any atom is 0.257 e. The fraction of sp³-hybridized carbons (Fsp3) is 0.238. The van der Waals surface area contributed by atoms with Crippen LogP contribution in [0.1, 0.15) is 22.2 Å². The average molecular weight is 396 g/mol. The van der Waals surface area contributed by atoms with Gasteiger partial charge in [0.15, 0.2) is 16.6 Å². The Hall–Kier alpha value is -3.06. The van der Waals surface area contributed by atoms with Crippen molar-refractivity contribution in [2.75, 3.05) is 25.1 Å². The van der Waals surface area contributed by atoms with Crippen molar-refractivity contribution in [3.05, 3.63) is 52.9 Å². The van der Waals surface area contributed by atoms with Crippen molar-refractivity contribution in [3.8, 4) is 28.5 Å². The highest BCUT2D eigenvalue weighted by Crippen LogP contribution is 2.33. The van der Waals surface area contributed by atoms with Crippen LogP contribution in [0.5, 0.6) is 17.2 Å². The Bertz CT molecular complexity index is 998. The number of thiazole rings is 1. The molecule has 0 radical (unpaired) electrons. The molecule has 0 saturated heterocycles. The van der Waals surface area contributed by atoms with Gasteiger partial charge in [0.25, 0.3) is 5.91 Å². The maximum atomic E-state index is 12.6. The van der Waals surface area contributed by atoms with Gasteiger partial charge in [0.2, 0.25) is 0 Å². The molecule has 1 aliphatic rings. The molecule has 0 bridgehead atoms. The minimum Gasteiger partial charge on any atom is -0.494 e. The summed E-state index contributed by atoms with van der Waals surface area (Å²) in [6.45, 7) is 5.57. The van der Waals surface area contributed by atoms with Crippen LogP contribution in [0.15, 0.2) is 42.5 Å². The van der Waals surface area contributed by atoms with Crippen molar-refractivity contribution in [1.82, 2.24) is 4.98 Å². The number of fused-ring (bicyclic) bond motifs is 1. The summed E-state index contributed by atoms with van der Waals surface area (Å²) < 4.78 is 16.5. The third kappa shape index (κ3) is 3.80. The summed E-state index contributed by atoms with van der Waals surface area (Å²) in [5.41, 5.74) is 2.34. The number of anilines is 1. The van der Waals surface area contributed by atoms with Crippen LogP contribution in [-0.4, -0.2) is 30.7 Å². The van der Waals surface area contributed by atoms with E-state index in [1.165, 1.54) is 11.3 Å². The average Bonchev–Trinajstić information content (AvgIpc) is 3.08. The van der Waals surface area contributed by atoms with Gasteiger partial charge in [0.1, 0.15) is 19.0 Å². The molecular weight excluding hydrogens is 376 g/mol. The number of hydrogen-bond acceptors (Lipinski definition) is 6. The van der Waals surface area contributed by atoms with E-state index in [9.17, 15) is 4.79 Å².